The molecule has 0 rings (SSSR count). The molecule has 0 bridgehead atoms. The van der Waals surface area contributed by atoms with Crippen molar-refractivity contribution >= 4 is 10.7 Å². The minimum atomic E-state index is 0. The predicted octanol–water partition coefficient (Wildman–Crippen LogP) is -0.0665. The zero-order chi connectivity index (χ0) is 2.00. The second kappa shape index (κ2) is 205. The molecule has 4 N–H and O–H groups in total. The van der Waals surface area contributed by atoms with Crippen LogP contribution in [0.1, 0.15) is 0 Å². The van der Waals surface area contributed by atoms with Crippen LogP contribution >= 0.6 is 10.7 Å². The number of rotatable bonds is 0. The van der Waals surface area contributed by atoms with Crippen LogP contribution in [0, 0.1) is 0 Å². The maximum absolute atomic E-state index is 3.71. The Labute approximate surface area is 79.2 Å². The van der Waals surface area contributed by atoms with Gasteiger partial charge in [-0.2, -0.15) is 0 Å². The molecule has 8 heteroatoms. The summed E-state index contributed by atoms with van der Waals surface area (Å²) in [7, 11) is 3.71. The third kappa shape index (κ3) is 136. The van der Waals surface area contributed by atoms with Crippen molar-refractivity contribution in [1.29, 1.82) is 0 Å². The molecule has 0 saturated heterocycles. The fourth-order valence-corrected chi connectivity index (χ4v) is 0. The standard InChI is InChI=1S/3Ni.4H2O.S/h;;;4*1H2;/q;2*+2;;;;;/p-4. The number of hydrogen-bond acceptors (Lipinski definition) is 5. The van der Waals surface area contributed by atoms with Gasteiger partial charge in [0, 0.05) is 0 Å². The van der Waals surface area contributed by atoms with Gasteiger partial charge in [-0.05, 0) is 0 Å². The quantitative estimate of drug-likeness (QED) is 0.573. The maximum atomic E-state index is 3.71. The van der Waals surface area contributed by atoms with Crippen molar-refractivity contribution in [2.75, 3.05) is 0 Å². The van der Waals surface area contributed by atoms with E-state index in [1.54, 1.807) is 0 Å². The zero-order valence-electron chi connectivity index (χ0n) is 3.15. The summed E-state index contributed by atoms with van der Waals surface area (Å²) in [5.41, 5.74) is 0. The van der Waals surface area contributed by atoms with E-state index in [1.165, 1.54) is 0 Å². The van der Waals surface area contributed by atoms with Gasteiger partial charge in [-0.1, -0.05) is 0 Å². The normalized spacial score (nSPS) is 0.750. The van der Waals surface area contributed by atoms with Gasteiger partial charge in [-0.25, -0.2) is 0 Å². The van der Waals surface area contributed by atoms with E-state index in [2.05, 4.69) is 24.5 Å². The molecule has 0 unspecified atom stereocenters. The molecule has 0 aromatic rings. The molecule has 64 valence electrons. The molecule has 0 saturated carbocycles. The molecule has 0 aromatic heterocycles. The summed E-state index contributed by atoms with van der Waals surface area (Å²) in [4.78, 5) is 0. The first-order valence-corrected chi connectivity index (χ1v) is 1.60. The fourth-order valence-electron chi connectivity index (χ4n) is 0. The Kier molecular flexibility index (Phi) is 2760. The fraction of sp³-hybridized carbons (Fsp3) is 0. The molecular weight excluding hydrogens is 272 g/mol. The summed E-state index contributed by atoms with van der Waals surface area (Å²) in [6, 6.07) is 0. The van der Waals surface area contributed by atoms with Gasteiger partial charge in [-0.3, -0.25) is 0 Å². The van der Waals surface area contributed by atoms with Crippen molar-refractivity contribution < 1.29 is 68.8 Å². The summed E-state index contributed by atoms with van der Waals surface area (Å²) >= 11 is 3.46. The molecule has 4 nitrogen and oxygen atoms in total. The summed E-state index contributed by atoms with van der Waals surface area (Å²) in [6.45, 7) is 0. The van der Waals surface area contributed by atoms with Gasteiger partial charge in [0.2, 0.25) is 0 Å². The van der Waals surface area contributed by atoms with Crippen molar-refractivity contribution in [3.05, 3.63) is 0 Å². The Hall–Kier alpha value is 1.54. The molecule has 0 aliphatic rings. The Morgan fingerprint density at radius 3 is 0.625 bits per heavy atom. The van der Waals surface area contributed by atoms with Gasteiger partial charge in [-0.15, -0.1) is 0 Å². The van der Waals surface area contributed by atoms with Crippen LogP contribution < -0.4 is 0 Å². The first kappa shape index (κ1) is 108. The van der Waals surface area contributed by atoms with E-state index >= 15 is 0 Å². The van der Waals surface area contributed by atoms with Crippen LogP contribution in [0.2, 0.25) is 0 Å². The van der Waals surface area contributed by atoms with E-state index < -0.39 is 0 Å². The SMILES string of the molecule is [Ni+2].[Ni+2].[OH-].[OH-].[OH-].[OH-].[S]=[Ni]. The van der Waals surface area contributed by atoms with Crippen LogP contribution in [0.3, 0.4) is 0 Å². The van der Waals surface area contributed by atoms with Crippen molar-refractivity contribution in [1.82, 2.24) is 0 Å². The van der Waals surface area contributed by atoms with Crippen LogP contribution in [0.4, 0.5) is 0 Å². The Balaban J connectivity index is -0.000000000333. The average molecular weight is 276 g/mol. The summed E-state index contributed by atoms with van der Waals surface area (Å²) in [6.07, 6.45) is 0. The molecule has 0 amide bonds. The molecule has 0 radical (unpaired) electrons. The third-order valence-corrected chi connectivity index (χ3v) is 0. The predicted molar refractivity (Wildman–Crippen MR) is 15.3 cm³/mol. The summed E-state index contributed by atoms with van der Waals surface area (Å²) in [5, 5.41) is 0. The van der Waals surface area contributed by atoms with Gasteiger partial charge >= 0.3 is 57.5 Å². The van der Waals surface area contributed by atoms with Crippen molar-refractivity contribution in [2.24, 2.45) is 0 Å². The third-order valence-electron chi connectivity index (χ3n) is 0. The van der Waals surface area contributed by atoms with Crippen molar-refractivity contribution in [3.63, 3.8) is 0 Å². The number of hydrogen-bond donors (Lipinski definition) is 0. The summed E-state index contributed by atoms with van der Waals surface area (Å²) < 4.78 is 0. The monoisotopic (exact) mass is 274 g/mol. The second-order valence-electron chi connectivity index (χ2n) is 0. The molecule has 8 heavy (non-hydrogen) atoms. The Bertz CT molecular complexity index is 11.2. The van der Waals surface area contributed by atoms with Crippen LogP contribution in [-0.2, 0) is 46.8 Å². The first-order chi connectivity index (χ1) is 1.00. The zero-order valence-corrected chi connectivity index (χ0v) is 6.93. The molecule has 0 aromatic carbocycles. The van der Waals surface area contributed by atoms with Crippen LogP contribution in [0.15, 0.2) is 0 Å². The molecule has 0 heterocycles. The van der Waals surface area contributed by atoms with Gasteiger partial charge in [0.1, 0.15) is 0 Å². The van der Waals surface area contributed by atoms with E-state index in [0.717, 1.165) is 0 Å². The van der Waals surface area contributed by atoms with E-state index in [-0.39, 0.29) is 54.9 Å². The molecular formula is H4Ni3O4S. The molecule has 0 aliphatic carbocycles. The van der Waals surface area contributed by atoms with E-state index in [0.29, 0.717) is 0 Å². The average Bonchev–Trinajstić information content (AvgIpc) is 1.00. The van der Waals surface area contributed by atoms with E-state index in [4.69, 9.17) is 0 Å². The van der Waals surface area contributed by atoms with Gasteiger partial charge in [0.25, 0.3) is 0 Å². The molecule has 0 fully saturated rings. The van der Waals surface area contributed by atoms with Gasteiger partial charge in [0.15, 0.2) is 0 Å². The van der Waals surface area contributed by atoms with E-state index in [1.807, 2.05) is 0 Å². The van der Waals surface area contributed by atoms with Crippen LogP contribution in [0.25, 0.3) is 0 Å². The Morgan fingerprint density at radius 2 is 0.625 bits per heavy atom. The van der Waals surface area contributed by atoms with Gasteiger partial charge < -0.3 is 21.9 Å². The second-order valence-corrected chi connectivity index (χ2v) is 0. The summed E-state index contributed by atoms with van der Waals surface area (Å²) in [5.74, 6) is 0. The first-order valence-electron chi connectivity index (χ1n) is 0.129. The van der Waals surface area contributed by atoms with Crippen molar-refractivity contribution in [2.45, 2.75) is 0 Å². The Morgan fingerprint density at radius 1 is 0.625 bits per heavy atom. The molecule has 0 aliphatic heterocycles. The van der Waals surface area contributed by atoms with Crippen molar-refractivity contribution in [3.8, 4) is 0 Å². The topological polar surface area (TPSA) is 120 Å². The van der Waals surface area contributed by atoms with Crippen LogP contribution in [-0.4, -0.2) is 21.9 Å². The van der Waals surface area contributed by atoms with Gasteiger partial charge in [0.05, 0.1) is 0 Å². The van der Waals surface area contributed by atoms with Crippen LogP contribution in [0.5, 0.6) is 0 Å². The van der Waals surface area contributed by atoms with E-state index in [9.17, 15) is 0 Å². The molecule has 0 spiro atoms. The minimum absolute atomic E-state index is 0. The molecule has 0 atom stereocenters.